The van der Waals surface area contributed by atoms with Gasteiger partial charge < -0.3 is 15.0 Å². The molecule has 2 fully saturated rings. The molecule has 8 nitrogen and oxygen atoms in total. The van der Waals surface area contributed by atoms with Gasteiger partial charge in [0.1, 0.15) is 16.8 Å². The van der Waals surface area contributed by atoms with Crippen molar-refractivity contribution in [3.8, 4) is 0 Å². The lowest BCUT2D eigenvalue weighted by Gasteiger charge is -2.27. The summed E-state index contributed by atoms with van der Waals surface area (Å²) < 4.78 is 7.22. The highest BCUT2D eigenvalue weighted by Crippen LogP contribution is 2.52. The number of pyridine rings is 1. The molecule has 2 aliphatic rings. The van der Waals surface area contributed by atoms with Crippen molar-refractivity contribution in [1.82, 2.24) is 25.0 Å². The molecular weight excluding hydrogens is 370 g/mol. The van der Waals surface area contributed by atoms with Crippen LogP contribution in [0.3, 0.4) is 0 Å². The number of carbonyl (C=O) groups is 2. The summed E-state index contributed by atoms with van der Waals surface area (Å²) in [5.41, 5.74) is 1.33. The van der Waals surface area contributed by atoms with Crippen LogP contribution in [-0.4, -0.2) is 50.4 Å². The zero-order chi connectivity index (χ0) is 21.1. The summed E-state index contributed by atoms with van der Waals surface area (Å²) in [6.45, 7) is 10.6. The van der Waals surface area contributed by atoms with Gasteiger partial charge in [0.05, 0.1) is 11.1 Å². The molecule has 156 valence electrons. The van der Waals surface area contributed by atoms with Crippen molar-refractivity contribution in [2.24, 2.45) is 24.8 Å². The third-order valence-corrected chi connectivity index (χ3v) is 5.79. The van der Waals surface area contributed by atoms with Gasteiger partial charge in [-0.1, -0.05) is 0 Å². The van der Waals surface area contributed by atoms with E-state index in [1.54, 1.807) is 15.8 Å². The second-order valence-corrected chi connectivity index (χ2v) is 9.70. The molecule has 0 bridgehead atoms. The molecular formula is C21H29N5O3. The highest BCUT2D eigenvalue weighted by Gasteiger charge is 2.61. The van der Waals surface area contributed by atoms with Crippen LogP contribution >= 0.6 is 0 Å². The van der Waals surface area contributed by atoms with Crippen molar-refractivity contribution in [2.75, 3.05) is 13.1 Å². The molecule has 1 saturated heterocycles. The molecule has 29 heavy (non-hydrogen) atoms. The van der Waals surface area contributed by atoms with Gasteiger partial charge >= 0.3 is 6.09 Å². The maximum absolute atomic E-state index is 13.0. The molecule has 2 amide bonds. The second kappa shape index (κ2) is 6.43. The summed E-state index contributed by atoms with van der Waals surface area (Å²) in [5.74, 6) is 0.369. The van der Waals surface area contributed by atoms with Gasteiger partial charge in [0.2, 0.25) is 5.91 Å². The number of fused-ring (bicyclic) bond motifs is 2. The third kappa shape index (κ3) is 3.56. The summed E-state index contributed by atoms with van der Waals surface area (Å²) in [5, 5.41) is 7.77. The molecule has 1 aliphatic heterocycles. The highest BCUT2D eigenvalue weighted by atomic mass is 16.6. The average Bonchev–Trinajstić information content (AvgIpc) is 2.95. The minimum Gasteiger partial charge on any atom is -0.444 e. The number of piperidine rings is 1. The van der Waals surface area contributed by atoms with E-state index >= 15 is 0 Å². The monoisotopic (exact) mass is 399 g/mol. The summed E-state index contributed by atoms with van der Waals surface area (Å²) in [7, 11) is 1.88. The first-order valence-electron chi connectivity index (χ1n) is 10.1. The Hall–Kier alpha value is -2.64. The number of carbonyl (C=O) groups excluding carboxylic acids is 2. The molecule has 8 heteroatoms. The number of ether oxygens (including phenoxy) is 1. The van der Waals surface area contributed by atoms with Gasteiger partial charge in [-0.15, -0.1) is 0 Å². The number of hydrogen-bond acceptors (Lipinski definition) is 5. The lowest BCUT2D eigenvalue weighted by Crippen LogP contribution is -2.44. The molecule has 1 aliphatic carbocycles. The maximum Gasteiger partial charge on any atom is 0.410 e. The Labute approximate surface area is 170 Å². The summed E-state index contributed by atoms with van der Waals surface area (Å²) >= 11 is 0. The van der Waals surface area contributed by atoms with Gasteiger partial charge in [-0.05, 0) is 58.6 Å². The van der Waals surface area contributed by atoms with Crippen LogP contribution in [0.2, 0.25) is 0 Å². The zero-order valence-corrected chi connectivity index (χ0v) is 17.9. The Balaban J connectivity index is 1.41. The van der Waals surface area contributed by atoms with Crippen LogP contribution < -0.4 is 5.32 Å². The Kier molecular flexibility index (Phi) is 4.36. The predicted molar refractivity (Wildman–Crippen MR) is 108 cm³/mol. The highest BCUT2D eigenvalue weighted by molar-refractivity contribution is 5.85. The number of aromatic nitrogens is 3. The molecule has 2 aromatic heterocycles. The van der Waals surface area contributed by atoms with Gasteiger partial charge in [-0.3, -0.25) is 14.5 Å². The Morgan fingerprint density at radius 1 is 1.17 bits per heavy atom. The standard InChI is InChI=1S/C21H29N5O3/c1-20(2,3)29-19(28)26-10-12-13(11-26)15(12)18(27)23-21(4,5)17-16-14(25(6)24-17)8-7-9-22-16/h7-9,12-13,15H,10-11H2,1-6H3,(H,23,27). The van der Waals surface area contributed by atoms with E-state index < -0.39 is 11.1 Å². The summed E-state index contributed by atoms with van der Waals surface area (Å²) in [6, 6.07) is 3.84. The fourth-order valence-corrected chi connectivity index (χ4v) is 4.35. The van der Waals surface area contributed by atoms with Crippen molar-refractivity contribution < 1.29 is 14.3 Å². The molecule has 2 atom stereocenters. The number of hydrogen-bond donors (Lipinski definition) is 1. The second-order valence-electron chi connectivity index (χ2n) is 9.70. The molecule has 0 spiro atoms. The van der Waals surface area contributed by atoms with Crippen LogP contribution in [0.4, 0.5) is 4.79 Å². The number of amides is 2. The van der Waals surface area contributed by atoms with Crippen LogP contribution in [0.5, 0.6) is 0 Å². The van der Waals surface area contributed by atoms with E-state index in [0.717, 1.165) is 16.7 Å². The van der Waals surface area contributed by atoms with Gasteiger partial charge in [0.25, 0.3) is 0 Å². The third-order valence-electron chi connectivity index (χ3n) is 5.79. The minimum absolute atomic E-state index is 0.0172. The van der Waals surface area contributed by atoms with Crippen molar-refractivity contribution in [2.45, 2.75) is 45.8 Å². The molecule has 1 saturated carbocycles. The van der Waals surface area contributed by atoms with Crippen LogP contribution in [0.15, 0.2) is 18.3 Å². The van der Waals surface area contributed by atoms with Crippen LogP contribution in [0.1, 0.15) is 40.3 Å². The molecule has 2 aromatic rings. The molecule has 1 N–H and O–H groups in total. The first-order chi connectivity index (χ1) is 13.5. The van der Waals surface area contributed by atoms with Crippen molar-refractivity contribution in [3.05, 3.63) is 24.0 Å². The zero-order valence-electron chi connectivity index (χ0n) is 17.9. The Morgan fingerprint density at radius 3 is 2.45 bits per heavy atom. The number of rotatable bonds is 3. The quantitative estimate of drug-likeness (QED) is 0.856. The van der Waals surface area contributed by atoms with Crippen molar-refractivity contribution in [3.63, 3.8) is 0 Å². The van der Waals surface area contributed by atoms with Crippen molar-refractivity contribution >= 4 is 23.0 Å². The van der Waals surface area contributed by atoms with Gasteiger partial charge in [0.15, 0.2) is 0 Å². The van der Waals surface area contributed by atoms with E-state index in [0.29, 0.717) is 13.1 Å². The van der Waals surface area contributed by atoms with E-state index in [1.165, 1.54) is 0 Å². The first kappa shape index (κ1) is 19.7. The molecule has 0 aromatic carbocycles. The summed E-state index contributed by atoms with van der Waals surface area (Å²) in [6.07, 6.45) is 1.44. The molecule has 2 unspecified atom stereocenters. The van der Waals surface area contributed by atoms with Crippen molar-refractivity contribution in [1.29, 1.82) is 0 Å². The molecule has 4 rings (SSSR count). The van der Waals surface area contributed by atoms with E-state index in [-0.39, 0.29) is 29.8 Å². The molecule has 3 heterocycles. The SMILES string of the molecule is Cn1nc(C(C)(C)NC(=O)C2C3CN(C(=O)OC(C)(C)C)CC32)c2ncccc21. The fraction of sp³-hybridized carbons (Fsp3) is 0.619. The number of aryl methyl sites for hydroxylation is 1. The minimum atomic E-state index is -0.646. The van der Waals surface area contributed by atoms with Crippen LogP contribution in [0.25, 0.3) is 11.0 Å². The lowest BCUT2D eigenvalue weighted by molar-refractivity contribution is -0.125. The first-order valence-corrected chi connectivity index (χ1v) is 10.1. The van der Waals surface area contributed by atoms with E-state index in [9.17, 15) is 9.59 Å². The average molecular weight is 399 g/mol. The van der Waals surface area contributed by atoms with E-state index in [2.05, 4.69) is 15.4 Å². The fourth-order valence-electron chi connectivity index (χ4n) is 4.35. The smallest absolute Gasteiger partial charge is 0.410 e. The Morgan fingerprint density at radius 2 is 1.83 bits per heavy atom. The summed E-state index contributed by atoms with van der Waals surface area (Å²) in [4.78, 5) is 31.4. The number of likely N-dealkylation sites (tertiary alicyclic amines) is 1. The van der Waals surface area contributed by atoms with Gasteiger partial charge in [-0.25, -0.2) is 4.79 Å². The van der Waals surface area contributed by atoms with Gasteiger partial charge in [0, 0.05) is 32.3 Å². The Bertz CT molecular complexity index is 962. The maximum atomic E-state index is 13.0. The largest absolute Gasteiger partial charge is 0.444 e. The van der Waals surface area contributed by atoms with E-state index in [1.807, 2.05) is 53.8 Å². The van der Waals surface area contributed by atoms with Gasteiger partial charge in [-0.2, -0.15) is 5.10 Å². The number of nitrogens with zero attached hydrogens (tertiary/aromatic N) is 4. The predicted octanol–water partition coefficient (Wildman–Crippen LogP) is 2.43. The lowest BCUT2D eigenvalue weighted by atomic mass is 9.98. The topological polar surface area (TPSA) is 89.4 Å². The normalized spacial score (nSPS) is 23.8. The van der Waals surface area contributed by atoms with Crippen LogP contribution in [0, 0.1) is 17.8 Å². The van der Waals surface area contributed by atoms with E-state index in [4.69, 9.17) is 4.74 Å². The number of nitrogens with one attached hydrogen (secondary N) is 1. The van der Waals surface area contributed by atoms with Crippen LogP contribution in [-0.2, 0) is 22.1 Å². The molecule has 0 radical (unpaired) electrons.